The third kappa shape index (κ3) is 2.58. The Labute approximate surface area is 101 Å². The van der Waals surface area contributed by atoms with Gasteiger partial charge in [0.25, 0.3) is 5.91 Å². The number of hydrogen-bond acceptors (Lipinski definition) is 3. The Bertz CT molecular complexity index is 429. The van der Waals surface area contributed by atoms with Crippen LogP contribution in [0, 0.1) is 0 Å². The molecule has 92 valence electrons. The van der Waals surface area contributed by atoms with Gasteiger partial charge in [-0.15, -0.1) is 0 Å². The van der Waals surface area contributed by atoms with Gasteiger partial charge >= 0.3 is 0 Å². The Morgan fingerprint density at radius 3 is 3.00 bits per heavy atom. The Hall–Kier alpha value is -1.55. The van der Waals surface area contributed by atoms with Crippen LogP contribution in [-0.4, -0.2) is 35.1 Å². The summed E-state index contributed by atoms with van der Waals surface area (Å²) >= 11 is 0. The molecule has 1 unspecified atom stereocenters. The average molecular weight is 234 g/mol. The molecule has 2 rings (SSSR count). The zero-order valence-electron chi connectivity index (χ0n) is 10.0. The maximum Gasteiger partial charge on any atom is 0.254 e. The molecule has 17 heavy (non-hydrogen) atoms. The second kappa shape index (κ2) is 4.75. The van der Waals surface area contributed by atoms with Gasteiger partial charge in [-0.1, -0.05) is 6.07 Å². The van der Waals surface area contributed by atoms with Crippen LogP contribution in [0.4, 0.5) is 5.69 Å². The van der Waals surface area contributed by atoms with Gasteiger partial charge in [0.2, 0.25) is 0 Å². The maximum absolute atomic E-state index is 12.2. The van der Waals surface area contributed by atoms with Crippen molar-refractivity contribution >= 4 is 11.6 Å². The van der Waals surface area contributed by atoms with Gasteiger partial charge in [-0.05, 0) is 37.5 Å². The third-order valence-electron chi connectivity index (χ3n) is 3.12. The van der Waals surface area contributed by atoms with Crippen molar-refractivity contribution in [3.63, 3.8) is 0 Å². The van der Waals surface area contributed by atoms with E-state index in [1.54, 1.807) is 17.9 Å². The minimum Gasteiger partial charge on any atom is -0.399 e. The van der Waals surface area contributed by atoms with E-state index in [1.165, 1.54) is 0 Å². The van der Waals surface area contributed by atoms with Crippen molar-refractivity contribution in [2.24, 2.45) is 0 Å². The number of anilines is 1. The molecular formula is C13H18N2O2. The number of aliphatic hydroxyl groups is 1. The molecule has 3 N–H and O–H groups in total. The van der Waals surface area contributed by atoms with Crippen molar-refractivity contribution in [2.45, 2.75) is 25.9 Å². The van der Waals surface area contributed by atoms with E-state index in [0.29, 0.717) is 24.2 Å². The molecule has 0 radical (unpaired) electrons. The Morgan fingerprint density at radius 2 is 2.29 bits per heavy atom. The fourth-order valence-electron chi connectivity index (χ4n) is 2.09. The van der Waals surface area contributed by atoms with E-state index in [9.17, 15) is 9.90 Å². The maximum atomic E-state index is 12.2. The van der Waals surface area contributed by atoms with E-state index in [-0.39, 0.29) is 12.0 Å². The summed E-state index contributed by atoms with van der Waals surface area (Å²) in [5.74, 6) is 0.0270. The van der Waals surface area contributed by atoms with Gasteiger partial charge in [0.1, 0.15) is 0 Å². The largest absolute Gasteiger partial charge is 0.399 e. The summed E-state index contributed by atoms with van der Waals surface area (Å²) in [4.78, 5) is 14.0. The van der Waals surface area contributed by atoms with Crippen LogP contribution in [-0.2, 0) is 6.42 Å². The Kier molecular flexibility index (Phi) is 3.33. The summed E-state index contributed by atoms with van der Waals surface area (Å²) in [6, 6.07) is 5.50. The minimum absolute atomic E-state index is 0.0270. The first kappa shape index (κ1) is 11.9. The fourth-order valence-corrected chi connectivity index (χ4v) is 2.09. The highest BCUT2D eigenvalue weighted by Gasteiger charge is 2.24. The average Bonchev–Trinajstić information content (AvgIpc) is 2.29. The summed E-state index contributed by atoms with van der Waals surface area (Å²) < 4.78 is 0. The highest BCUT2D eigenvalue weighted by atomic mass is 16.3. The zero-order chi connectivity index (χ0) is 12.4. The quantitative estimate of drug-likeness (QED) is 0.768. The topological polar surface area (TPSA) is 66.6 Å². The predicted octanol–water partition coefficient (Wildman–Crippen LogP) is 1.04. The number of nitrogens with zero attached hydrogens (tertiary/aromatic N) is 1. The highest BCUT2D eigenvalue weighted by Crippen LogP contribution is 2.21. The molecule has 1 heterocycles. The zero-order valence-corrected chi connectivity index (χ0v) is 10.0. The molecule has 1 atom stereocenters. The smallest absolute Gasteiger partial charge is 0.254 e. The molecule has 0 spiro atoms. The van der Waals surface area contributed by atoms with Crippen molar-refractivity contribution < 1.29 is 9.90 Å². The van der Waals surface area contributed by atoms with E-state index in [4.69, 9.17) is 5.73 Å². The second-order valence-electron chi connectivity index (χ2n) is 4.60. The number of amides is 1. The van der Waals surface area contributed by atoms with Crippen LogP contribution in [0.5, 0.6) is 0 Å². The number of fused-ring (bicyclic) bond motifs is 1. The van der Waals surface area contributed by atoms with Gasteiger partial charge in [0.05, 0.1) is 6.10 Å². The molecule has 1 amide bonds. The Morgan fingerprint density at radius 1 is 1.53 bits per heavy atom. The minimum atomic E-state index is -0.370. The monoisotopic (exact) mass is 234 g/mol. The normalized spacial score (nSPS) is 16.8. The van der Waals surface area contributed by atoms with E-state index < -0.39 is 0 Å². The molecule has 4 heteroatoms. The van der Waals surface area contributed by atoms with E-state index in [1.807, 2.05) is 12.1 Å². The molecule has 1 aliphatic rings. The number of nitrogens with two attached hydrogens (primary N) is 1. The molecule has 1 aromatic carbocycles. The van der Waals surface area contributed by atoms with Crippen molar-refractivity contribution in [1.29, 1.82) is 0 Å². The van der Waals surface area contributed by atoms with Crippen LogP contribution >= 0.6 is 0 Å². The van der Waals surface area contributed by atoms with Gasteiger partial charge in [-0.2, -0.15) is 0 Å². The SMILES string of the molecule is CC(O)CCN1CCc2ccc(N)cc2C1=O. The first-order valence-electron chi connectivity index (χ1n) is 5.93. The first-order chi connectivity index (χ1) is 8.08. The lowest BCUT2D eigenvalue weighted by Crippen LogP contribution is -2.39. The summed E-state index contributed by atoms with van der Waals surface area (Å²) in [6.45, 7) is 3.06. The molecule has 0 bridgehead atoms. The Balaban J connectivity index is 2.15. The molecule has 0 fully saturated rings. The van der Waals surface area contributed by atoms with E-state index in [0.717, 1.165) is 18.5 Å². The van der Waals surface area contributed by atoms with Gasteiger partial charge in [-0.3, -0.25) is 4.79 Å². The fraction of sp³-hybridized carbons (Fsp3) is 0.462. The van der Waals surface area contributed by atoms with Crippen LogP contribution in [0.15, 0.2) is 18.2 Å². The van der Waals surface area contributed by atoms with Crippen LogP contribution in [0.3, 0.4) is 0 Å². The molecule has 0 aliphatic carbocycles. The van der Waals surface area contributed by atoms with Crippen molar-refractivity contribution in [2.75, 3.05) is 18.8 Å². The molecule has 0 aromatic heterocycles. The number of benzene rings is 1. The number of carbonyl (C=O) groups is 1. The van der Waals surface area contributed by atoms with Gasteiger partial charge in [-0.25, -0.2) is 0 Å². The molecular weight excluding hydrogens is 216 g/mol. The number of nitrogen functional groups attached to an aromatic ring is 1. The number of hydrogen-bond donors (Lipinski definition) is 2. The second-order valence-corrected chi connectivity index (χ2v) is 4.60. The number of aliphatic hydroxyl groups excluding tert-OH is 1. The summed E-state index contributed by atoms with van der Waals surface area (Å²) in [6.07, 6.45) is 1.11. The number of rotatable bonds is 3. The lowest BCUT2D eigenvalue weighted by Gasteiger charge is -2.29. The van der Waals surface area contributed by atoms with Crippen LogP contribution in [0.2, 0.25) is 0 Å². The van der Waals surface area contributed by atoms with E-state index >= 15 is 0 Å². The van der Waals surface area contributed by atoms with Gasteiger partial charge < -0.3 is 15.7 Å². The van der Waals surface area contributed by atoms with Crippen molar-refractivity contribution in [1.82, 2.24) is 4.90 Å². The summed E-state index contributed by atoms with van der Waals surface area (Å²) in [5.41, 5.74) is 8.10. The third-order valence-corrected chi connectivity index (χ3v) is 3.12. The standard InChI is InChI=1S/C13H18N2O2/c1-9(16)4-6-15-7-5-10-2-3-11(14)8-12(10)13(15)17/h2-3,8-9,16H,4-7,14H2,1H3. The first-order valence-corrected chi connectivity index (χ1v) is 5.93. The van der Waals surface area contributed by atoms with E-state index in [2.05, 4.69) is 0 Å². The van der Waals surface area contributed by atoms with Crippen molar-refractivity contribution in [3.8, 4) is 0 Å². The molecule has 0 saturated carbocycles. The summed E-state index contributed by atoms with van der Waals surface area (Å²) in [5, 5.41) is 9.25. The molecule has 1 aromatic rings. The predicted molar refractivity (Wildman–Crippen MR) is 66.8 cm³/mol. The van der Waals surface area contributed by atoms with Gasteiger partial charge in [0.15, 0.2) is 0 Å². The van der Waals surface area contributed by atoms with Crippen LogP contribution < -0.4 is 5.73 Å². The number of carbonyl (C=O) groups excluding carboxylic acids is 1. The molecule has 4 nitrogen and oxygen atoms in total. The highest BCUT2D eigenvalue weighted by molar-refractivity contribution is 5.97. The van der Waals surface area contributed by atoms with Crippen molar-refractivity contribution in [3.05, 3.63) is 29.3 Å². The van der Waals surface area contributed by atoms with Crippen LogP contribution in [0.1, 0.15) is 29.3 Å². The molecule has 0 saturated heterocycles. The molecule has 1 aliphatic heterocycles. The van der Waals surface area contributed by atoms with Crippen LogP contribution in [0.25, 0.3) is 0 Å². The lowest BCUT2D eigenvalue weighted by molar-refractivity contribution is 0.0708. The lowest BCUT2D eigenvalue weighted by atomic mass is 9.98. The summed E-state index contributed by atoms with van der Waals surface area (Å²) in [7, 11) is 0. The van der Waals surface area contributed by atoms with Gasteiger partial charge in [0, 0.05) is 24.3 Å².